The summed E-state index contributed by atoms with van der Waals surface area (Å²) in [5.41, 5.74) is 1.56. The SMILES string of the molecule is Cc1ccc(C(=O)NCCNC(=O)[C@@]23CCCC[C@H]2CNC3)cc1. The van der Waals surface area contributed by atoms with Crippen molar-refractivity contribution in [2.45, 2.75) is 32.6 Å². The number of aryl methyl sites for hydroxylation is 1. The molecule has 0 aromatic heterocycles. The number of carbonyl (C=O) groups is 2. The number of nitrogens with one attached hydrogen (secondary N) is 3. The Kier molecular flexibility index (Phi) is 5.19. The Bertz CT molecular complexity index is 599. The van der Waals surface area contributed by atoms with Gasteiger partial charge in [0.25, 0.3) is 5.91 Å². The fraction of sp³-hybridized carbons (Fsp3) is 0.579. The van der Waals surface area contributed by atoms with Gasteiger partial charge in [-0.25, -0.2) is 0 Å². The van der Waals surface area contributed by atoms with Crippen LogP contribution in [-0.2, 0) is 4.79 Å². The first kappa shape index (κ1) is 17.0. The maximum Gasteiger partial charge on any atom is 0.251 e. The van der Waals surface area contributed by atoms with E-state index in [0.29, 0.717) is 24.6 Å². The summed E-state index contributed by atoms with van der Waals surface area (Å²) in [5.74, 6) is 0.524. The number of amides is 2. The normalized spacial score (nSPS) is 25.8. The minimum Gasteiger partial charge on any atom is -0.354 e. The van der Waals surface area contributed by atoms with Gasteiger partial charge in [-0.1, -0.05) is 30.5 Å². The minimum absolute atomic E-state index is 0.0968. The van der Waals surface area contributed by atoms with Gasteiger partial charge in [0.2, 0.25) is 5.91 Å². The van der Waals surface area contributed by atoms with Gasteiger partial charge >= 0.3 is 0 Å². The van der Waals surface area contributed by atoms with Crippen molar-refractivity contribution in [1.29, 1.82) is 0 Å². The first-order chi connectivity index (χ1) is 11.6. The second-order valence-corrected chi connectivity index (χ2v) is 7.11. The second-order valence-electron chi connectivity index (χ2n) is 7.11. The number of fused-ring (bicyclic) bond motifs is 1. The quantitative estimate of drug-likeness (QED) is 0.719. The molecule has 130 valence electrons. The molecule has 1 aliphatic carbocycles. The molecule has 5 nitrogen and oxygen atoms in total. The molecular weight excluding hydrogens is 302 g/mol. The lowest BCUT2D eigenvalue weighted by Crippen LogP contribution is -2.49. The molecule has 2 fully saturated rings. The summed E-state index contributed by atoms with van der Waals surface area (Å²) in [6.45, 7) is 4.67. The molecule has 0 bridgehead atoms. The van der Waals surface area contributed by atoms with Crippen molar-refractivity contribution < 1.29 is 9.59 Å². The zero-order chi connectivity index (χ0) is 17.0. The Morgan fingerprint density at radius 2 is 1.92 bits per heavy atom. The summed E-state index contributed by atoms with van der Waals surface area (Å²) < 4.78 is 0. The summed E-state index contributed by atoms with van der Waals surface area (Å²) in [6.07, 6.45) is 4.49. The first-order valence-electron chi connectivity index (χ1n) is 8.96. The molecule has 1 saturated heterocycles. The zero-order valence-corrected chi connectivity index (χ0v) is 14.4. The van der Waals surface area contributed by atoms with Gasteiger partial charge in [-0.15, -0.1) is 0 Å². The fourth-order valence-electron chi connectivity index (χ4n) is 4.03. The molecule has 0 unspecified atom stereocenters. The van der Waals surface area contributed by atoms with Crippen molar-refractivity contribution in [3.05, 3.63) is 35.4 Å². The Morgan fingerprint density at radius 3 is 2.71 bits per heavy atom. The maximum atomic E-state index is 12.7. The molecule has 1 saturated carbocycles. The molecular formula is C19H27N3O2. The van der Waals surface area contributed by atoms with E-state index in [4.69, 9.17) is 0 Å². The topological polar surface area (TPSA) is 70.2 Å². The third-order valence-electron chi connectivity index (χ3n) is 5.50. The molecule has 2 atom stereocenters. The average molecular weight is 329 g/mol. The molecule has 5 heteroatoms. The molecule has 3 N–H and O–H groups in total. The Hall–Kier alpha value is -1.88. The van der Waals surface area contributed by atoms with Crippen LogP contribution >= 0.6 is 0 Å². The van der Waals surface area contributed by atoms with Gasteiger partial charge in [0.15, 0.2) is 0 Å². The lowest BCUT2D eigenvalue weighted by molar-refractivity contribution is -0.133. The van der Waals surface area contributed by atoms with Gasteiger partial charge in [0, 0.05) is 25.2 Å². The number of benzene rings is 1. The number of rotatable bonds is 5. The van der Waals surface area contributed by atoms with E-state index in [2.05, 4.69) is 16.0 Å². The molecule has 1 aromatic rings. The number of hydrogen-bond donors (Lipinski definition) is 3. The van der Waals surface area contributed by atoms with E-state index in [9.17, 15) is 9.59 Å². The molecule has 1 aromatic carbocycles. The van der Waals surface area contributed by atoms with Gasteiger partial charge in [-0.2, -0.15) is 0 Å². The monoisotopic (exact) mass is 329 g/mol. The van der Waals surface area contributed by atoms with Crippen LogP contribution < -0.4 is 16.0 Å². The molecule has 0 radical (unpaired) electrons. The highest BCUT2D eigenvalue weighted by Crippen LogP contribution is 2.43. The summed E-state index contributed by atoms with van der Waals surface area (Å²) in [4.78, 5) is 24.7. The van der Waals surface area contributed by atoms with Crippen molar-refractivity contribution in [2.24, 2.45) is 11.3 Å². The second kappa shape index (κ2) is 7.34. The van der Waals surface area contributed by atoms with Crippen molar-refractivity contribution in [3.8, 4) is 0 Å². The zero-order valence-electron chi connectivity index (χ0n) is 14.4. The van der Waals surface area contributed by atoms with Crippen LogP contribution in [0.4, 0.5) is 0 Å². The van der Waals surface area contributed by atoms with Crippen molar-refractivity contribution in [1.82, 2.24) is 16.0 Å². The van der Waals surface area contributed by atoms with Gasteiger partial charge in [-0.05, 0) is 44.4 Å². The molecule has 24 heavy (non-hydrogen) atoms. The molecule has 3 rings (SSSR count). The van der Waals surface area contributed by atoms with Gasteiger partial charge < -0.3 is 16.0 Å². The fourth-order valence-corrected chi connectivity index (χ4v) is 4.03. The van der Waals surface area contributed by atoms with Crippen LogP contribution in [0.2, 0.25) is 0 Å². The number of hydrogen-bond acceptors (Lipinski definition) is 3. The summed E-state index contributed by atoms with van der Waals surface area (Å²) in [5, 5.41) is 9.29. The highest BCUT2D eigenvalue weighted by molar-refractivity contribution is 5.94. The predicted molar refractivity (Wildman–Crippen MR) is 93.8 cm³/mol. The van der Waals surface area contributed by atoms with E-state index in [0.717, 1.165) is 37.9 Å². The summed E-state index contributed by atoms with van der Waals surface area (Å²) >= 11 is 0. The lowest BCUT2D eigenvalue weighted by atomic mass is 9.67. The van der Waals surface area contributed by atoms with E-state index >= 15 is 0 Å². The number of carbonyl (C=O) groups excluding carboxylic acids is 2. The molecule has 2 amide bonds. The summed E-state index contributed by atoms with van der Waals surface area (Å²) in [6, 6.07) is 7.48. The van der Waals surface area contributed by atoms with Crippen LogP contribution in [-0.4, -0.2) is 38.0 Å². The van der Waals surface area contributed by atoms with Crippen LogP contribution in [0.3, 0.4) is 0 Å². The molecule has 1 aliphatic heterocycles. The van der Waals surface area contributed by atoms with Crippen LogP contribution in [0, 0.1) is 18.3 Å². The molecule has 1 heterocycles. The van der Waals surface area contributed by atoms with Crippen LogP contribution in [0.5, 0.6) is 0 Å². The van der Waals surface area contributed by atoms with E-state index in [1.807, 2.05) is 31.2 Å². The minimum atomic E-state index is -0.223. The van der Waals surface area contributed by atoms with Crippen molar-refractivity contribution in [2.75, 3.05) is 26.2 Å². The first-order valence-corrected chi connectivity index (χ1v) is 8.96. The highest BCUT2D eigenvalue weighted by Gasteiger charge is 2.49. The lowest BCUT2D eigenvalue weighted by Gasteiger charge is -2.37. The van der Waals surface area contributed by atoms with E-state index in [1.165, 1.54) is 6.42 Å². The summed E-state index contributed by atoms with van der Waals surface area (Å²) in [7, 11) is 0. The highest BCUT2D eigenvalue weighted by atomic mass is 16.2. The maximum absolute atomic E-state index is 12.7. The Morgan fingerprint density at radius 1 is 1.17 bits per heavy atom. The van der Waals surface area contributed by atoms with Crippen LogP contribution in [0.1, 0.15) is 41.6 Å². The van der Waals surface area contributed by atoms with Crippen LogP contribution in [0.15, 0.2) is 24.3 Å². The van der Waals surface area contributed by atoms with Gasteiger partial charge in [-0.3, -0.25) is 9.59 Å². The predicted octanol–water partition coefficient (Wildman–Crippen LogP) is 1.62. The van der Waals surface area contributed by atoms with Crippen molar-refractivity contribution >= 4 is 11.8 Å². The largest absolute Gasteiger partial charge is 0.354 e. The van der Waals surface area contributed by atoms with Crippen LogP contribution in [0.25, 0.3) is 0 Å². The van der Waals surface area contributed by atoms with E-state index in [-0.39, 0.29) is 17.2 Å². The van der Waals surface area contributed by atoms with E-state index in [1.54, 1.807) is 0 Å². The smallest absolute Gasteiger partial charge is 0.251 e. The van der Waals surface area contributed by atoms with E-state index < -0.39 is 0 Å². The third-order valence-corrected chi connectivity index (χ3v) is 5.50. The van der Waals surface area contributed by atoms with Gasteiger partial charge in [0.1, 0.15) is 0 Å². The standard InChI is InChI=1S/C19H27N3O2/c1-14-5-7-15(8-6-14)17(23)21-10-11-22-18(24)19-9-3-2-4-16(19)12-20-13-19/h5-8,16,20H,2-4,9-13H2,1H3,(H,21,23)(H,22,24)/t16-,19+/m0/s1. The third kappa shape index (κ3) is 3.46. The molecule has 0 spiro atoms. The molecule has 2 aliphatic rings. The van der Waals surface area contributed by atoms with Crippen molar-refractivity contribution in [3.63, 3.8) is 0 Å². The van der Waals surface area contributed by atoms with Gasteiger partial charge in [0.05, 0.1) is 5.41 Å². The Balaban J connectivity index is 1.45. The Labute approximate surface area is 143 Å². The average Bonchev–Trinajstić information content (AvgIpc) is 3.04.